The minimum absolute atomic E-state index is 0.0183. The van der Waals surface area contributed by atoms with E-state index < -0.39 is 8.32 Å². The summed E-state index contributed by atoms with van der Waals surface area (Å²) in [5.74, 6) is 1.32. The van der Waals surface area contributed by atoms with E-state index in [2.05, 4.69) is 76.0 Å². The zero-order chi connectivity index (χ0) is 47.9. The van der Waals surface area contributed by atoms with Gasteiger partial charge in [-0.3, -0.25) is 9.59 Å². The molecule has 0 radical (unpaired) electrons. The molecule has 0 aliphatic rings. The van der Waals surface area contributed by atoms with Crippen LogP contribution in [0.3, 0.4) is 0 Å². The van der Waals surface area contributed by atoms with Crippen LogP contribution in [0.1, 0.15) is 254 Å². The quantitative estimate of drug-likeness (QED) is 0.0366. The van der Waals surface area contributed by atoms with Crippen LogP contribution in [0.25, 0.3) is 0 Å². The third-order valence-electron chi connectivity index (χ3n) is 14.4. The summed E-state index contributed by atoms with van der Waals surface area (Å²) >= 11 is 0. The van der Waals surface area contributed by atoms with Gasteiger partial charge in [0, 0.05) is 38.3 Å². The van der Waals surface area contributed by atoms with Crippen molar-refractivity contribution in [3.63, 3.8) is 0 Å². The zero-order valence-corrected chi connectivity index (χ0v) is 45.7. The predicted octanol–water partition coefficient (Wildman–Crippen LogP) is 16.5. The Balaban J connectivity index is 2.69. The van der Waals surface area contributed by atoms with E-state index in [0.29, 0.717) is 37.9 Å². The molecule has 0 saturated carbocycles. The SMILES string of the molecule is CCCCCCCC(CCCCC)CCOC(=O)CCCCCCN(CCCn1ccnc1)CC(CCCCC(=O)OCCC(CCCCC)CCCCCCC)O[Si](C)(C)C(C)(C)C. The van der Waals surface area contributed by atoms with E-state index in [1.165, 1.54) is 128 Å². The summed E-state index contributed by atoms with van der Waals surface area (Å²) in [6.45, 7) is 25.9. The van der Waals surface area contributed by atoms with Crippen molar-refractivity contribution in [2.24, 2.45) is 11.8 Å². The summed E-state index contributed by atoms with van der Waals surface area (Å²) in [6.07, 6.45) is 43.0. The summed E-state index contributed by atoms with van der Waals surface area (Å²) in [5, 5.41) is 0.122. The van der Waals surface area contributed by atoms with Crippen LogP contribution in [-0.4, -0.2) is 73.7 Å². The molecule has 3 atom stereocenters. The van der Waals surface area contributed by atoms with Crippen LogP contribution in [0.15, 0.2) is 18.7 Å². The van der Waals surface area contributed by atoms with Gasteiger partial charge in [-0.05, 0) is 88.0 Å². The molecular weight excluding hydrogens is 823 g/mol. The number of ether oxygens (including phenoxy) is 2. The van der Waals surface area contributed by atoms with Crippen LogP contribution >= 0.6 is 0 Å². The molecular formula is C56H109N3O5Si. The van der Waals surface area contributed by atoms with Gasteiger partial charge in [-0.1, -0.05) is 196 Å². The fourth-order valence-corrected chi connectivity index (χ4v) is 10.4. The summed E-state index contributed by atoms with van der Waals surface area (Å²) in [7, 11) is -2.02. The average molecular weight is 933 g/mol. The molecule has 1 rings (SSSR count). The molecule has 382 valence electrons. The van der Waals surface area contributed by atoms with E-state index in [9.17, 15) is 9.59 Å². The van der Waals surface area contributed by atoms with Gasteiger partial charge in [-0.2, -0.15) is 0 Å². The zero-order valence-electron chi connectivity index (χ0n) is 44.7. The molecule has 1 aromatic heterocycles. The first-order valence-electron chi connectivity index (χ1n) is 28.0. The number of aryl methyl sites for hydroxylation is 1. The molecule has 8 nitrogen and oxygen atoms in total. The Morgan fingerprint density at radius 3 is 1.49 bits per heavy atom. The Morgan fingerprint density at radius 2 is 1.00 bits per heavy atom. The van der Waals surface area contributed by atoms with Crippen LogP contribution < -0.4 is 0 Å². The lowest BCUT2D eigenvalue weighted by Gasteiger charge is -2.40. The topological polar surface area (TPSA) is 82.9 Å². The average Bonchev–Trinajstić information content (AvgIpc) is 3.79. The molecule has 0 saturated heterocycles. The number of rotatable bonds is 46. The van der Waals surface area contributed by atoms with Crippen LogP contribution in [0.2, 0.25) is 18.1 Å². The highest BCUT2D eigenvalue weighted by atomic mass is 28.4. The van der Waals surface area contributed by atoms with Gasteiger partial charge in [-0.25, -0.2) is 4.98 Å². The molecule has 9 heteroatoms. The number of hydrogen-bond donors (Lipinski definition) is 0. The van der Waals surface area contributed by atoms with Crippen LogP contribution in [-0.2, 0) is 30.0 Å². The van der Waals surface area contributed by atoms with E-state index in [1.54, 1.807) is 0 Å². The van der Waals surface area contributed by atoms with Crippen molar-refractivity contribution in [2.45, 2.75) is 285 Å². The summed E-state index contributed by atoms with van der Waals surface area (Å²) in [5.41, 5.74) is 0. The molecule has 0 amide bonds. The Kier molecular flexibility index (Phi) is 37.9. The Morgan fingerprint density at radius 1 is 0.569 bits per heavy atom. The summed E-state index contributed by atoms with van der Waals surface area (Å²) in [4.78, 5) is 32.5. The molecule has 1 aromatic rings. The largest absolute Gasteiger partial charge is 0.466 e. The van der Waals surface area contributed by atoms with E-state index in [4.69, 9.17) is 13.9 Å². The highest BCUT2D eigenvalue weighted by molar-refractivity contribution is 6.74. The molecule has 0 spiro atoms. The van der Waals surface area contributed by atoms with E-state index in [0.717, 1.165) is 90.4 Å². The Labute approximate surface area is 404 Å². The fraction of sp³-hybridized carbons (Fsp3) is 0.911. The van der Waals surface area contributed by atoms with Gasteiger partial charge in [0.15, 0.2) is 8.32 Å². The van der Waals surface area contributed by atoms with Gasteiger partial charge in [-0.15, -0.1) is 0 Å². The lowest BCUT2D eigenvalue weighted by atomic mass is 9.92. The molecule has 3 unspecified atom stereocenters. The first-order valence-corrected chi connectivity index (χ1v) is 30.9. The second kappa shape index (κ2) is 40.2. The van der Waals surface area contributed by atoms with Gasteiger partial charge >= 0.3 is 11.9 Å². The number of aromatic nitrogens is 2. The lowest BCUT2D eigenvalue weighted by Crippen LogP contribution is -2.47. The number of imidazole rings is 1. The van der Waals surface area contributed by atoms with Crippen molar-refractivity contribution in [2.75, 3.05) is 32.8 Å². The Hall–Kier alpha value is -1.71. The number of esters is 2. The van der Waals surface area contributed by atoms with Crippen LogP contribution in [0, 0.1) is 11.8 Å². The molecule has 0 aromatic carbocycles. The maximum atomic E-state index is 12.9. The van der Waals surface area contributed by atoms with Crippen molar-refractivity contribution >= 4 is 20.3 Å². The van der Waals surface area contributed by atoms with Crippen molar-refractivity contribution in [1.82, 2.24) is 14.5 Å². The van der Waals surface area contributed by atoms with Gasteiger partial charge in [0.25, 0.3) is 0 Å². The third kappa shape index (κ3) is 34.3. The highest BCUT2D eigenvalue weighted by Gasteiger charge is 2.39. The number of carbonyl (C=O) groups is 2. The first-order chi connectivity index (χ1) is 31.3. The highest BCUT2D eigenvalue weighted by Crippen LogP contribution is 2.38. The number of nitrogens with zero attached hydrogens (tertiary/aromatic N) is 3. The van der Waals surface area contributed by atoms with E-state index in [-0.39, 0.29) is 23.1 Å². The van der Waals surface area contributed by atoms with Crippen molar-refractivity contribution in [3.8, 4) is 0 Å². The lowest BCUT2D eigenvalue weighted by molar-refractivity contribution is -0.145. The monoisotopic (exact) mass is 932 g/mol. The third-order valence-corrected chi connectivity index (χ3v) is 18.9. The molecule has 0 aliphatic carbocycles. The normalized spacial score (nSPS) is 13.6. The molecule has 0 N–H and O–H groups in total. The standard InChI is InChI=1S/C56H109N3O5Si/c1-10-14-18-20-26-35-51(33-24-16-12-3)40-47-62-54(60)38-28-22-23-31-43-58(44-32-45-59-46-42-57-50-59)49-53(64-65(8,9)56(5,6)7)37-29-30-39-55(61)63-48-41-52(34-25-17-13-4)36-27-21-19-15-11-2/h42,46,50-53H,10-41,43-45,47-49H2,1-9H3. The van der Waals surface area contributed by atoms with Crippen molar-refractivity contribution < 1.29 is 23.5 Å². The van der Waals surface area contributed by atoms with Gasteiger partial charge in [0.2, 0.25) is 0 Å². The van der Waals surface area contributed by atoms with Gasteiger partial charge in [0.1, 0.15) is 0 Å². The number of carbonyl (C=O) groups excluding carboxylic acids is 2. The number of hydrogen-bond acceptors (Lipinski definition) is 7. The molecule has 0 bridgehead atoms. The van der Waals surface area contributed by atoms with E-state index >= 15 is 0 Å². The maximum absolute atomic E-state index is 12.9. The van der Waals surface area contributed by atoms with E-state index in [1.807, 2.05) is 18.7 Å². The minimum Gasteiger partial charge on any atom is -0.466 e. The van der Waals surface area contributed by atoms with Crippen LogP contribution in [0.5, 0.6) is 0 Å². The first kappa shape index (κ1) is 61.3. The summed E-state index contributed by atoms with van der Waals surface area (Å²) in [6, 6.07) is 0. The fourth-order valence-electron chi connectivity index (χ4n) is 8.99. The minimum atomic E-state index is -2.02. The molecule has 0 fully saturated rings. The molecule has 0 aliphatic heterocycles. The van der Waals surface area contributed by atoms with Gasteiger partial charge in [0.05, 0.1) is 25.6 Å². The molecule has 65 heavy (non-hydrogen) atoms. The second-order valence-electron chi connectivity index (χ2n) is 21.5. The molecule has 1 heterocycles. The van der Waals surface area contributed by atoms with Gasteiger partial charge < -0.3 is 23.4 Å². The Bertz CT molecular complexity index is 1220. The second-order valence-corrected chi connectivity index (χ2v) is 26.3. The van der Waals surface area contributed by atoms with Crippen LogP contribution in [0.4, 0.5) is 0 Å². The smallest absolute Gasteiger partial charge is 0.305 e. The number of unbranched alkanes of at least 4 members (excludes halogenated alkanes) is 16. The van der Waals surface area contributed by atoms with Crippen molar-refractivity contribution in [1.29, 1.82) is 0 Å². The predicted molar refractivity (Wildman–Crippen MR) is 280 cm³/mol. The summed E-state index contributed by atoms with van der Waals surface area (Å²) < 4.78 is 21.0. The maximum Gasteiger partial charge on any atom is 0.305 e. The van der Waals surface area contributed by atoms with Crippen molar-refractivity contribution in [3.05, 3.63) is 18.7 Å².